The number of methoxy groups -OCH3 is 1. The van der Waals surface area contributed by atoms with Gasteiger partial charge in [-0.25, -0.2) is 9.78 Å². The number of thioether (sulfide) groups is 1. The van der Waals surface area contributed by atoms with Crippen molar-refractivity contribution in [3.63, 3.8) is 0 Å². The Morgan fingerprint density at radius 3 is 2.77 bits per heavy atom. The summed E-state index contributed by atoms with van der Waals surface area (Å²) in [4.78, 5) is 44.5. The Bertz CT molecular complexity index is 1030. The molecule has 2 aromatic rings. The van der Waals surface area contributed by atoms with Gasteiger partial charge < -0.3 is 10.1 Å². The minimum Gasteiger partial charge on any atom is -0.383 e. The smallest absolute Gasteiger partial charge is 0.321 e. The molecular formula is C21H28N4O4S2. The van der Waals surface area contributed by atoms with Gasteiger partial charge in [0.1, 0.15) is 4.83 Å². The zero-order chi connectivity index (χ0) is 21.8. The summed E-state index contributed by atoms with van der Waals surface area (Å²) in [6.45, 7) is 0.698. The van der Waals surface area contributed by atoms with Gasteiger partial charge >= 0.3 is 6.03 Å². The summed E-state index contributed by atoms with van der Waals surface area (Å²) in [6.07, 6.45) is 8.36. The van der Waals surface area contributed by atoms with Crippen LogP contribution in [0, 0.1) is 0 Å². The van der Waals surface area contributed by atoms with Gasteiger partial charge in [-0.15, -0.1) is 11.3 Å². The van der Waals surface area contributed by atoms with E-state index in [1.54, 1.807) is 18.4 Å². The molecule has 10 heteroatoms. The van der Waals surface area contributed by atoms with E-state index < -0.39 is 11.9 Å². The van der Waals surface area contributed by atoms with Crippen LogP contribution in [0.15, 0.2) is 9.95 Å². The molecule has 1 fully saturated rings. The van der Waals surface area contributed by atoms with Gasteiger partial charge in [0.25, 0.3) is 5.56 Å². The molecule has 2 heterocycles. The predicted molar refractivity (Wildman–Crippen MR) is 122 cm³/mol. The lowest BCUT2D eigenvalue weighted by molar-refractivity contribution is -0.117. The van der Waals surface area contributed by atoms with E-state index in [1.807, 2.05) is 4.57 Å². The Balaban J connectivity index is 1.56. The summed E-state index contributed by atoms with van der Waals surface area (Å²) in [5.41, 5.74) is 1.23. The first-order valence-electron chi connectivity index (χ1n) is 10.8. The molecule has 2 aliphatic rings. The lowest BCUT2D eigenvalue weighted by Crippen LogP contribution is -2.41. The van der Waals surface area contributed by atoms with Crippen molar-refractivity contribution in [2.24, 2.45) is 0 Å². The number of aromatic nitrogens is 2. The number of hydrogen-bond acceptors (Lipinski definition) is 7. The predicted octanol–water partition coefficient (Wildman–Crippen LogP) is 3.02. The number of fused-ring (bicyclic) bond motifs is 3. The van der Waals surface area contributed by atoms with Gasteiger partial charge in [0.05, 0.1) is 17.7 Å². The van der Waals surface area contributed by atoms with E-state index in [-0.39, 0.29) is 17.4 Å². The number of rotatable bonds is 7. The molecule has 2 N–H and O–H groups in total. The molecule has 168 valence electrons. The van der Waals surface area contributed by atoms with Crippen LogP contribution in [0.1, 0.15) is 55.0 Å². The number of aryl methyl sites for hydroxylation is 2. The molecule has 0 aliphatic heterocycles. The van der Waals surface area contributed by atoms with Crippen LogP contribution in [-0.2, 0) is 22.4 Å². The topological polar surface area (TPSA) is 102 Å². The zero-order valence-electron chi connectivity index (χ0n) is 17.7. The van der Waals surface area contributed by atoms with E-state index in [9.17, 15) is 14.4 Å². The van der Waals surface area contributed by atoms with Crippen LogP contribution < -0.4 is 16.2 Å². The highest BCUT2D eigenvalue weighted by molar-refractivity contribution is 7.99. The van der Waals surface area contributed by atoms with Gasteiger partial charge in [-0.05, 0) is 44.1 Å². The van der Waals surface area contributed by atoms with Crippen molar-refractivity contribution in [3.05, 3.63) is 20.8 Å². The summed E-state index contributed by atoms with van der Waals surface area (Å²) in [5.74, 6) is -0.398. The van der Waals surface area contributed by atoms with Crippen molar-refractivity contribution >= 4 is 45.3 Å². The first-order valence-corrected chi connectivity index (χ1v) is 12.6. The lowest BCUT2D eigenvalue weighted by Gasteiger charge is -2.18. The number of carbonyl (C=O) groups is 2. The third-order valence-electron chi connectivity index (χ3n) is 5.86. The molecule has 0 saturated heterocycles. The fourth-order valence-electron chi connectivity index (χ4n) is 4.39. The highest BCUT2D eigenvalue weighted by Gasteiger charge is 2.27. The van der Waals surface area contributed by atoms with Gasteiger partial charge in [0.2, 0.25) is 5.91 Å². The molecule has 2 aliphatic carbocycles. The Hall–Kier alpha value is -1.91. The van der Waals surface area contributed by atoms with Crippen LogP contribution >= 0.6 is 23.1 Å². The van der Waals surface area contributed by atoms with E-state index in [2.05, 4.69) is 10.6 Å². The molecule has 31 heavy (non-hydrogen) atoms. The number of hydrogen-bond donors (Lipinski definition) is 2. The third-order valence-corrected chi connectivity index (χ3v) is 7.99. The summed E-state index contributed by atoms with van der Waals surface area (Å²) < 4.78 is 6.70. The summed E-state index contributed by atoms with van der Waals surface area (Å²) >= 11 is 2.85. The summed E-state index contributed by atoms with van der Waals surface area (Å²) in [5, 5.41) is 6.24. The van der Waals surface area contributed by atoms with E-state index in [0.717, 1.165) is 61.6 Å². The van der Waals surface area contributed by atoms with Crippen LogP contribution in [0.25, 0.3) is 10.2 Å². The fourth-order valence-corrected chi connectivity index (χ4v) is 6.56. The number of carbonyl (C=O) groups excluding carboxylic acids is 2. The van der Waals surface area contributed by atoms with Crippen molar-refractivity contribution in [2.75, 3.05) is 26.0 Å². The molecule has 0 spiro atoms. The molecular weight excluding hydrogens is 436 g/mol. The van der Waals surface area contributed by atoms with Crippen molar-refractivity contribution in [3.8, 4) is 0 Å². The van der Waals surface area contributed by atoms with Crippen molar-refractivity contribution < 1.29 is 14.3 Å². The van der Waals surface area contributed by atoms with Gasteiger partial charge in [0, 0.05) is 24.6 Å². The Kier molecular flexibility index (Phi) is 7.29. The van der Waals surface area contributed by atoms with Crippen LogP contribution in [-0.4, -0.2) is 47.5 Å². The Morgan fingerprint density at radius 2 is 2.00 bits per heavy atom. The number of urea groups is 1. The molecule has 3 amide bonds. The van der Waals surface area contributed by atoms with Crippen molar-refractivity contribution in [1.82, 2.24) is 20.2 Å². The van der Waals surface area contributed by atoms with E-state index in [1.165, 1.54) is 22.2 Å². The van der Waals surface area contributed by atoms with Crippen LogP contribution in [0.5, 0.6) is 0 Å². The van der Waals surface area contributed by atoms with Gasteiger partial charge in [-0.1, -0.05) is 24.6 Å². The number of thiophene rings is 1. The molecule has 1 saturated carbocycles. The maximum absolute atomic E-state index is 13.6. The van der Waals surface area contributed by atoms with E-state index in [0.29, 0.717) is 18.3 Å². The first-order chi connectivity index (χ1) is 15.1. The van der Waals surface area contributed by atoms with Crippen LogP contribution in [0.2, 0.25) is 0 Å². The molecule has 0 aromatic carbocycles. The zero-order valence-corrected chi connectivity index (χ0v) is 19.3. The minimum atomic E-state index is -0.551. The molecule has 8 nitrogen and oxygen atoms in total. The molecule has 0 unspecified atom stereocenters. The molecule has 0 bridgehead atoms. The maximum atomic E-state index is 13.6. The number of imide groups is 1. The fraction of sp³-hybridized carbons (Fsp3) is 0.619. The van der Waals surface area contributed by atoms with Crippen molar-refractivity contribution in [2.45, 2.75) is 62.6 Å². The highest BCUT2D eigenvalue weighted by Crippen LogP contribution is 2.37. The normalized spacial score (nSPS) is 16.4. The Labute approximate surface area is 189 Å². The second-order valence-corrected chi connectivity index (χ2v) is 10.0. The second kappa shape index (κ2) is 10.1. The summed E-state index contributed by atoms with van der Waals surface area (Å²) in [6, 6.07) is -0.420. The van der Waals surface area contributed by atoms with Gasteiger partial charge in [-0.3, -0.25) is 19.5 Å². The van der Waals surface area contributed by atoms with E-state index >= 15 is 0 Å². The average Bonchev–Trinajstić information content (AvgIpc) is 3.40. The monoisotopic (exact) mass is 464 g/mol. The first kappa shape index (κ1) is 22.3. The molecule has 4 rings (SSSR count). The summed E-state index contributed by atoms with van der Waals surface area (Å²) in [7, 11) is 1.54. The minimum absolute atomic E-state index is 0.0213. The molecule has 0 atom stereocenters. The molecule has 2 aromatic heterocycles. The average molecular weight is 465 g/mol. The van der Waals surface area contributed by atoms with Gasteiger partial charge in [-0.2, -0.15) is 0 Å². The highest BCUT2D eigenvalue weighted by atomic mass is 32.2. The number of nitrogens with zero attached hydrogens (tertiary/aromatic N) is 2. The Morgan fingerprint density at radius 1 is 1.23 bits per heavy atom. The van der Waals surface area contributed by atoms with Gasteiger partial charge in [0.15, 0.2) is 5.16 Å². The quantitative estimate of drug-likeness (QED) is 0.371. The SMILES string of the molecule is COCCNC(=O)NC(=O)CSc1nc2sc3c(c2c(=O)n1C1CCCC1)CCCC3. The second-order valence-electron chi connectivity index (χ2n) is 7.98. The maximum Gasteiger partial charge on any atom is 0.321 e. The number of amides is 3. The third kappa shape index (κ3) is 4.96. The molecule has 0 radical (unpaired) electrons. The largest absolute Gasteiger partial charge is 0.383 e. The number of nitrogens with one attached hydrogen (secondary N) is 2. The number of ether oxygens (including phenoxy) is 1. The lowest BCUT2D eigenvalue weighted by atomic mass is 9.97. The van der Waals surface area contributed by atoms with E-state index in [4.69, 9.17) is 9.72 Å². The van der Waals surface area contributed by atoms with Crippen LogP contribution in [0.3, 0.4) is 0 Å². The standard InChI is InChI=1S/C21H28N4O4S2/c1-29-11-10-22-20(28)23-16(26)12-30-21-24-18-17(14-8-4-5-9-15(14)31-18)19(27)25(21)13-6-2-3-7-13/h13H,2-12H2,1H3,(H2,22,23,26,28). The van der Waals surface area contributed by atoms with Crippen LogP contribution in [0.4, 0.5) is 4.79 Å². The van der Waals surface area contributed by atoms with Crippen molar-refractivity contribution in [1.29, 1.82) is 0 Å².